The lowest BCUT2D eigenvalue weighted by Gasteiger charge is -2.05. The summed E-state index contributed by atoms with van der Waals surface area (Å²) in [5.41, 5.74) is 1.18. The molecule has 0 aromatic heterocycles. The summed E-state index contributed by atoms with van der Waals surface area (Å²) in [5.74, 6) is 0. The smallest absolute Gasteiger partial charge is 0.0609 e. The number of rotatable bonds is 3. The highest BCUT2D eigenvalue weighted by Gasteiger charge is 2.00. The Hall–Kier alpha value is -0.820. The standard InChI is InChI=1S/C10H13O/c1-2-10(11)8-9-6-4-3-5-7-9/h2-7,10-11H,8H2,1H3. The Bertz CT molecular complexity index is 193. The molecule has 1 nitrogen and oxygen atoms in total. The molecule has 1 atom stereocenters. The zero-order chi connectivity index (χ0) is 8.10. The molecule has 0 aliphatic rings. The van der Waals surface area contributed by atoms with Gasteiger partial charge in [0.15, 0.2) is 0 Å². The summed E-state index contributed by atoms with van der Waals surface area (Å²) in [4.78, 5) is 0. The third-order valence-electron chi connectivity index (χ3n) is 1.67. The van der Waals surface area contributed by atoms with Gasteiger partial charge in [0.2, 0.25) is 0 Å². The number of benzene rings is 1. The van der Waals surface area contributed by atoms with E-state index in [-0.39, 0.29) is 6.10 Å². The summed E-state index contributed by atoms with van der Waals surface area (Å²) in [6, 6.07) is 9.99. The second-order valence-corrected chi connectivity index (χ2v) is 2.59. The van der Waals surface area contributed by atoms with Gasteiger partial charge in [0.1, 0.15) is 0 Å². The maximum atomic E-state index is 9.26. The Morgan fingerprint density at radius 1 is 1.36 bits per heavy atom. The van der Waals surface area contributed by atoms with Crippen molar-refractivity contribution in [1.29, 1.82) is 0 Å². The molecule has 59 valence electrons. The van der Waals surface area contributed by atoms with Crippen LogP contribution in [0.4, 0.5) is 0 Å². The van der Waals surface area contributed by atoms with Crippen LogP contribution in [0, 0.1) is 6.42 Å². The topological polar surface area (TPSA) is 20.2 Å². The van der Waals surface area contributed by atoms with E-state index in [0.29, 0.717) is 0 Å². The summed E-state index contributed by atoms with van der Waals surface area (Å²) in [6.07, 6.45) is 2.21. The van der Waals surface area contributed by atoms with Gasteiger partial charge in [0, 0.05) is 0 Å². The van der Waals surface area contributed by atoms with Crippen molar-refractivity contribution in [2.24, 2.45) is 0 Å². The lowest BCUT2D eigenvalue weighted by atomic mass is 10.1. The molecule has 0 aliphatic heterocycles. The monoisotopic (exact) mass is 149 g/mol. The molecule has 1 N–H and O–H groups in total. The second kappa shape index (κ2) is 4.14. The van der Waals surface area contributed by atoms with Crippen molar-refractivity contribution in [2.45, 2.75) is 19.4 Å². The Labute approximate surface area is 67.7 Å². The zero-order valence-electron chi connectivity index (χ0n) is 6.70. The molecule has 0 amide bonds. The lowest BCUT2D eigenvalue weighted by molar-refractivity contribution is 0.208. The van der Waals surface area contributed by atoms with E-state index in [1.165, 1.54) is 5.56 Å². The maximum Gasteiger partial charge on any atom is 0.0609 e. The van der Waals surface area contributed by atoms with Gasteiger partial charge >= 0.3 is 0 Å². The normalized spacial score (nSPS) is 12.9. The summed E-state index contributed by atoms with van der Waals surface area (Å²) < 4.78 is 0. The molecule has 11 heavy (non-hydrogen) atoms. The lowest BCUT2D eigenvalue weighted by Crippen LogP contribution is -2.08. The van der Waals surface area contributed by atoms with E-state index in [0.717, 1.165) is 6.42 Å². The third kappa shape index (κ3) is 2.72. The molecule has 1 heteroatoms. The fraction of sp³-hybridized carbons (Fsp3) is 0.300. The van der Waals surface area contributed by atoms with E-state index in [9.17, 15) is 5.11 Å². The molecule has 1 rings (SSSR count). The number of hydrogen-bond donors (Lipinski definition) is 1. The number of aliphatic hydroxyl groups is 1. The number of hydrogen-bond acceptors (Lipinski definition) is 1. The molecule has 0 spiro atoms. The highest BCUT2D eigenvalue weighted by atomic mass is 16.3. The van der Waals surface area contributed by atoms with E-state index >= 15 is 0 Å². The SMILES string of the molecule is C[CH]C(O)Cc1ccccc1. The Kier molecular flexibility index (Phi) is 3.12. The van der Waals surface area contributed by atoms with Gasteiger partial charge in [-0.3, -0.25) is 0 Å². The van der Waals surface area contributed by atoms with Crippen LogP contribution in [0.15, 0.2) is 30.3 Å². The van der Waals surface area contributed by atoms with Gasteiger partial charge in [-0.25, -0.2) is 0 Å². The van der Waals surface area contributed by atoms with E-state index in [1.807, 2.05) is 37.3 Å². The van der Waals surface area contributed by atoms with Crippen LogP contribution in [0.3, 0.4) is 0 Å². The summed E-state index contributed by atoms with van der Waals surface area (Å²) in [6.45, 7) is 1.87. The first-order valence-electron chi connectivity index (χ1n) is 3.84. The third-order valence-corrected chi connectivity index (χ3v) is 1.67. The van der Waals surface area contributed by atoms with Crippen LogP contribution in [0.1, 0.15) is 12.5 Å². The van der Waals surface area contributed by atoms with Gasteiger partial charge in [-0.1, -0.05) is 37.3 Å². The molecular formula is C10H13O. The minimum Gasteiger partial charge on any atom is -0.392 e. The molecule has 0 aliphatic carbocycles. The predicted molar refractivity (Wildman–Crippen MR) is 46.1 cm³/mol. The fourth-order valence-corrected chi connectivity index (χ4v) is 0.973. The first-order valence-corrected chi connectivity index (χ1v) is 3.84. The van der Waals surface area contributed by atoms with Gasteiger partial charge in [0.25, 0.3) is 0 Å². The van der Waals surface area contributed by atoms with Crippen molar-refractivity contribution in [3.05, 3.63) is 42.3 Å². The quantitative estimate of drug-likeness (QED) is 0.695. The molecule has 1 radical (unpaired) electrons. The molecular weight excluding hydrogens is 136 g/mol. The van der Waals surface area contributed by atoms with Gasteiger partial charge in [-0.2, -0.15) is 0 Å². The largest absolute Gasteiger partial charge is 0.392 e. The van der Waals surface area contributed by atoms with Crippen LogP contribution >= 0.6 is 0 Å². The van der Waals surface area contributed by atoms with Crippen LogP contribution in [-0.4, -0.2) is 11.2 Å². The average Bonchev–Trinajstić information content (AvgIpc) is 2.06. The minimum absolute atomic E-state index is 0.308. The molecule has 1 aromatic rings. The minimum atomic E-state index is -0.308. The Balaban J connectivity index is 2.51. The van der Waals surface area contributed by atoms with Gasteiger partial charge in [-0.15, -0.1) is 0 Å². The van der Waals surface area contributed by atoms with Crippen LogP contribution in [0.25, 0.3) is 0 Å². The van der Waals surface area contributed by atoms with Crippen molar-refractivity contribution >= 4 is 0 Å². The molecule has 0 fully saturated rings. The van der Waals surface area contributed by atoms with Gasteiger partial charge in [0.05, 0.1) is 6.10 Å². The first kappa shape index (κ1) is 8.28. The average molecular weight is 149 g/mol. The fourth-order valence-electron chi connectivity index (χ4n) is 0.973. The van der Waals surface area contributed by atoms with E-state index in [2.05, 4.69) is 0 Å². The molecule has 0 saturated carbocycles. The van der Waals surface area contributed by atoms with Gasteiger partial charge < -0.3 is 5.11 Å². The van der Waals surface area contributed by atoms with Crippen LogP contribution in [0.5, 0.6) is 0 Å². The molecule has 0 saturated heterocycles. The van der Waals surface area contributed by atoms with E-state index in [4.69, 9.17) is 0 Å². The van der Waals surface area contributed by atoms with Crippen LogP contribution in [0.2, 0.25) is 0 Å². The number of aliphatic hydroxyl groups excluding tert-OH is 1. The van der Waals surface area contributed by atoms with Crippen LogP contribution < -0.4 is 0 Å². The zero-order valence-corrected chi connectivity index (χ0v) is 6.70. The van der Waals surface area contributed by atoms with E-state index < -0.39 is 0 Å². The molecule has 0 heterocycles. The molecule has 0 bridgehead atoms. The van der Waals surface area contributed by atoms with Crippen molar-refractivity contribution in [3.63, 3.8) is 0 Å². The summed E-state index contributed by atoms with van der Waals surface area (Å²) in [5, 5.41) is 9.26. The first-order chi connectivity index (χ1) is 5.33. The van der Waals surface area contributed by atoms with E-state index in [1.54, 1.807) is 6.42 Å². The highest BCUT2D eigenvalue weighted by Crippen LogP contribution is 2.03. The summed E-state index contributed by atoms with van der Waals surface area (Å²) in [7, 11) is 0. The molecule has 1 aromatic carbocycles. The van der Waals surface area contributed by atoms with Gasteiger partial charge in [-0.05, 0) is 18.4 Å². The predicted octanol–water partition coefficient (Wildman–Crippen LogP) is 1.81. The van der Waals surface area contributed by atoms with Crippen LogP contribution in [-0.2, 0) is 6.42 Å². The van der Waals surface area contributed by atoms with Crippen molar-refractivity contribution in [1.82, 2.24) is 0 Å². The molecule has 1 unspecified atom stereocenters. The second-order valence-electron chi connectivity index (χ2n) is 2.59. The highest BCUT2D eigenvalue weighted by molar-refractivity contribution is 5.15. The van der Waals surface area contributed by atoms with Crippen molar-refractivity contribution in [3.8, 4) is 0 Å². The van der Waals surface area contributed by atoms with Crippen molar-refractivity contribution < 1.29 is 5.11 Å². The van der Waals surface area contributed by atoms with Crippen molar-refractivity contribution in [2.75, 3.05) is 0 Å². The maximum absolute atomic E-state index is 9.26. The Morgan fingerprint density at radius 2 is 2.00 bits per heavy atom. The summed E-state index contributed by atoms with van der Waals surface area (Å²) >= 11 is 0. The Morgan fingerprint density at radius 3 is 2.55 bits per heavy atom.